The highest BCUT2D eigenvalue weighted by atomic mass is 16.5. The van der Waals surface area contributed by atoms with Crippen molar-refractivity contribution in [2.75, 3.05) is 26.7 Å². The van der Waals surface area contributed by atoms with Gasteiger partial charge < -0.3 is 10.1 Å². The fourth-order valence-electron chi connectivity index (χ4n) is 3.25. The average Bonchev–Trinajstić information content (AvgIpc) is 2.72. The van der Waals surface area contributed by atoms with Gasteiger partial charge in [-0.05, 0) is 33.6 Å². The highest BCUT2D eigenvalue weighted by molar-refractivity contribution is 5.01. The van der Waals surface area contributed by atoms with Gasteiger partial charge in [-0.2, -0.15) is 0 Å². The first-order valence-corrected chi connectivity index (χ1v) is 7.01. The Balaban J connectivity index is 2.00. The van der Waals surface area contributed by atoms with Crippen LogP contribution in [0.25, 0.3) is 0 Å². The van der Waals surface area contributed by atoms with E-state index in [9.17, 15) is 0 Å². The van der Waals surface area contributed by atoms with E-state index in [1.165, 1.54) is 32.2 Å². The van der Waals surface area contributed by atoms with Crippen molar-refractivity contribution in [1.29, 1.82) is 0 Å². The molecule has 2 rings (SSSR count). The molecule has 1 aliphatic heterocycles. The molecule has 1 N–H and O–H groups in total. The SMILES string of the molecule is COC(C)(C)CN1CC2(CCCC2)NCC1C. The van der Waals surface area contributed by atoms with E-state index in [-0.39, 0.29) is 5.60 Å². The molecule has 1 heterocycles. The Morgan fingerprint density at radius 2 is 2.00 bits per heavy atom. The van der Waals surface area contributed by atoms with Crippen LogP contribution < -0.4 is 5.32 Å². The summed E-state index contributed by atoms with van der Waals surface area (Å²) in [6.07, 6.45) is 5.49. The highest BCUT2D eigenvalue weighted by Gasteiger charge is 2.41. The van der Waals surface area contributed by atoms with Gasteiger partial charge in [0.1, 0.15) is 0 Å². The van der Waals surface area contributed by atoms with Gasteiger partial charge in [-0.15, -0.1) is 0 Å². The molecule has 1 aliphatic carbocycles. The number of hydrogen-bond donors (Lipinski definition) is 1. The minimum absolute atomic E-state index is 0.0363. The quantitative estimate of drug-likeness (QED) is 0.817. The molecule has 3 nitrogen and oxygen atoms in total. The second-order valence-electron chi connectivity index (χ2n) is 6.59. The molecule has 0 amide bonds. The van der Waals surface area contributed by atoms with Crippen LogP contribution in [0.1, 0.15) is 46.5 Å². The summed E-state index contributed by atoms with van der Waals surface area (Å²) in [4.78, 5) is 2.62. The van der Waals surface area contributed by atoms with Gasteiger partial charge in [0.05, 0.1) is 5.60 Å². The molecule has 0 aromatic rings. The van der Waals surface area contributed by atoms with Crippen LogP contribution in [0.5, 0.6) is 0 Å². The number of rotatable bonds is 3. The number of ether oxygens (including phenoxy) is 1. The first-order valence-electron chi connectivity index (χ1n) is 7.01. The van der Waals surface area contributed by atoms with Crippen molar-refractivity contribution in [1.82, 2.24) is 10.2 Å². The van der Waals surface area contributed by atoms with Gasteiger partial charge in [-0.3, -0.25) is 4.90 Å². The van der Waals surface area contributed by atoms with Gasteiger partial charge in [0, 0.05) is 38.3 Å². The Labute approximate surface area is 106 Å². The standard InChI is InChI=1S/C14H28N2O/c1-12-9-15-14(7-5-6-8-14)11-16(12)10-13(2,3)17-4/h12,15H,5-11H2,1-4H3. The Hall–Kier alpha value is -0.120. The zero-order valence-corrected chi connectivity index (χ0v) is 11.9. The smallest absolute Gasteiger partial charge is 0.0749 e. The van der Waals surface area contributed by atoms with E-state index in [2.05, 4.69) is 31.0 Å². The maximum Gasteiger partial charge on any atom is 0.0749 e. The molecule has 0 aromatic heterocycles. The third-order valence-corrected chi connectivity index (χ3v) is 4.60. The lowest BCUT2D eigenvalue weighted by molar-refractivity contribution is -0.0333. The van der Waals surface area contributed by atoms with Crippen LogP contribution in [0, 0.1) is 0 Å². The summed E-state index contributed by atoms with van der Waals surface area (Å²) in [7, 11) is 1.82. The van der Waals surface area contributed by atoms with Crippen molar-refractivity contribution in [3.05, 3.63) is 0 Å². The maximum atomic E-state index is 5.58. The molecule has 0 aromatic carbocycles. The lowest BCUT2D eigenvalue weighted by Gasteiger charge is -2.47. The summed E-state index contributed by atoms with van der Waals surface area (Å²) >= 11 is 0. The van der Waals surface area contributed by atoms with Gasteiger partial charge in [-0.1, -0.05) is 12.8 Å². The molecule has 2 fully saturated rings. The largest absolute Gasteiger partial charge is 0.377 e. The molecule has 1 saturated heterocycles. The van der Waals surface area contributed by atoms with Crippen LogP contribution in [0.15, 0.2) is 0 Å². The van der Waals surface area contributed by atoms with E-state index >= 15 is 0 Å². The zero-order valence-electron chi connectivity index (χ0n) is 11.9. The molecule has 1 spiro atoms. The number of methoxy groups -OCH3 is 1. The second kappa shape index (κ2) is 4.87. The first-order chi connectivity index (χ1) is 7.96. The molecular weight excluding hydrogens is 212 g/mol. The third-order valence-electron chi connectivity index (χ3n) is 4.60. The van der Waals surface area contributed by atoms with E-state index in [0.717, 1.165) is 13.1 Å². The Kier molecular flexibility index (Phi) is 3.81. The van der Waals surface area contributed by atoms with Crippen LogP contribution >= 0.6 is 0 Å². The minimum Gasteiger partial charge on any atom is -0.377 e. The molecule has 1 unspecified atom stereocenters. The molecule has 0 radical (unpaired) electrons. The van der Waals surface area contributed by atoms with E-state index in [1.54, 1.807) is 0 Å². The molecule has 100 valence electrons. The Morgan fingerprint density at radius 1 is 1.35 bits per heavy atom. The molecule has 1 saturated carbocycles. The predicted molar refractivity (Wildman–Crippen MR) is 71.3 cm³/mol. The summed E-state index contributed by atoms with van der Waals surface area (Å²) in [5.41, 5.74) is 0.377. The van der Waals surface area contributed by atoms with Crippen molar-refractivity contribution in [3.63, 3.8) is 0 Å². The summed E-state index contributed by atoms with van der Waals surface area (Å²) in [5, 5.41) is 3.80. The predicted octanol–water partition coefficient (Wildman–Crippen LogP) is 2.02. The van der Waals surface area contributed by atoms with E-state index in [0.29, 0.717) is 11.6 Å². The zero-order chi connectivity index (χ0) is 12.5. The Bertz CT molecular complexity index is 259. The average molecular weight is 240 g/mol. The normalized spacial score (nSPS) is 30.0. The molecule has 3 heteroatoms. The van der Waals surface area contributed by atoms with Crippen LogP contribution in [0.2, 0.25) is 0 Å². The molecular formula is C14H28N2O. The molecule has 1 atom stereocenters. The van der Waals surface area contributed by atoms with E-state index < -0.39 is 0 Å². The summed E-state index contributed by atoms with van der Waals surface area (Å²) in [5.74, 6) is 0. The number of nitrogens with zero attached hydrogens (tertiary/aromatic N) is 1. The summed E-state index contributed by atoms with van der Waals surface area (Å²) in [6.45, 7) is 10.0. The van der Waals surface area contributed by atoms with Crippen LogP contribution in [-0.4, -0.2) is 48.8 Å². The minimum atomic E-state index is -0.0363. The van der Waals surface area contributed by atoms with Gasteiger partial charge in [0.25, 0.3) is 0 Å². The number of piperazine rings is 1. The second-order valence-corrected chi connectivity index (χ2v) is 6.59. The van der Waals surface area contributed by atoms with E-state index in [1.807, 2.05) is 7.11 Å². The highest BCUT2D eigenvalue weighted by Crippen LogP contribution is 2.33. The van der Waals surface area contributed by atoms with Crippen molar-refractivity contribution in [2.24, 2.45) is 0 Å². The lowest BCUT2D eigenvalue weighted by Crippen LogP contribution is -2.64. The fraction of sp³-hybridized carbons (Fsp3) is 1.00. The monoisotopic (exact) mass is 240 g/mol. The maximum absolute atomic E-state index is 5.58. The number of hydrogen-bond acceptors (Lipinski definition) is 3. The number of nitrogens with one attached hydrogen (secondary N) is 1. The van der Waals surface area contributed by atoms with Crippen molar-refractivity contribution in [3.8, 4) is 0 Å². The van der Waals surface area contributed by atoms with Gasteiger partial charge in [0.15, 0.2) is 0 Å². The summed E-state index contributed by atoms with van der Waals surface area (Å²) in [6, 6.07) is 0.621. The van der Waals surface area contributed by atoms with Gasteiger partial charge in [0.2, 0.25) is 0 Å². The van der Waals surface area contributed by atoms with E-state index in [4.69, 9.17) is 4.74 Å². The topological polar surface area (TPSA) is 24.5 Å². The van der Waals surface area contributed by atoms with Crippen molar-refractivity contribution in [2.45, 2.75) is 63.6 Å². The third kappa shape index (κ3) is 3.01. The Morgan fingerprint density at radius 3 is 2.59 bits per heavy atom. The van der Waals surface area contributed by atoms with Crippen LogP contribution in [0.3, 0.4) is 0 Å². The fourth-order valence-corrected chi connectivity index (χ4v) is 3.25. The van der Waals surface area contributed by atoms with Crippen LogP contribution in [-0.2, 0) is 4.74 Å². The van der Waals surface area contributed by atoms with Crippen LogP contribution in [0.4, 0.5) is 0 Å². The molecule has 2 aliphatic rings. The lowest BCUT2D eigenvalue weighted by atomic mass is 9.91. The van der Waals surface area contributed by atoms with Crippen molar-refractivity contribution < 1.29 is 4.74 Å². The van der Waals surface area contributed by atoms with Crippen molar-refractivity contribution >= 4 is 0 Å². The summed E-state index contributed by atoms with van der Waals surface area (Å²) < 4.78 is 5.58. The molecule has 0 bridgehead atoms. The van der Waals surface area contributed by atoms with Gasteiger partial charge >= 0.3 is 0 Å². The van der Waals surface area contributed by atoms with Gasteiger partial charge in [-0.25, -0.2) is 0 Å². The first kappa shape index (κ1) is 13.3. The molecule has 17 heavy (non-hydrogen) atoms.